The first-order valence-electron chi connectivity index (χ1n) is 4.51. The van der Waals surface area contributed by atoms with Crippen LogP contribution in [0.25, 0.3) is 0 Å². The Labute approximate surface area is 98.5 Å². The van der Waals surface area contributed by atoms with E-state index in [2.05, 4.69) is 4.72 Å². The van der Waals surface area contributed by atoms with Crippen LogP contribution < -0.4 is 10.5 Å². The number of hydrogen-bond acceptors (Lipinski definition) is 4. The zero-order valence-corrected chi connectivity index (χ0v) is 10.4. The minimum Gasteiger partial charge on any atom is -0.395 e. The Hall–Kier alpha value is -0.790. The van der Waals surface area contributed by atoms with Gasteiger partial charge in [-0.05, 0) is 18.4 Å². The summed E-state index contributed by atoms with van der Waals surface area (Å²) in [6.45, 7) is 0.291. The predicted octanol–water partition coefficient (Wildman–Crippen LogP) is 1.05. The van der Waals surface area contributed by atoms with E-state index in [-0.39, 0.29) is 10.6 Å². The monoisotopic (exact) mass is 264 g/mol. The molecule has 0 spiro atoms. The number of hydrogen-bond donors (Lipinski definition) is 2. The van der Waals surface area contributed by atoms with E-state index in [4.69, 9.17) is 5.73 Å². The van der Waals surface area contributed by atoms with Gasteiger partial charge in [-0.15, -0.1) is 0 Å². The topological polar surface area (TPSA) is 72.2 Å². The second-order valence-corrected chi connectivity index (χ2v) is 5.76. The lowest BCUT2D eigenvalue weighted by atomic mass is 10.3. The fourth-order valence-electron chi connectivity index (χ4n) is 1.11. The molecule has 0 unspecified atom stereocenters. The highest BCUT2D eigenvalue weighted by Crippen LogP contribution is 2.20. The van der Waals surface area contributed by atoms with Crippen molar-refractivity contribution in [1.82, 2.24) is 4.72 Å². The third-order valence-electron chi connectivity index (χ3n) is 1.90. The molecular formula is C9H13FN2O2S2. The molecule has 0 bridgehead atoms. The minimum absolute atomic E-state index is 0.214. The summed E-state index contributed by atoms with van der Waals surface area (Å²) in [5.74, 6) is -0.0817. The SMILES string of the molecule is CSCCNS(=O)(=O)c1cccc(F)c1N. The first kappa shape index (κ1) is 13.3. The van der Waals surface area contributed by atoms with Crippen LogP contribution in [0, 0.1) is 5.82 Å². The van der Waals surface area contributed by atoms with E-state index in [9.17, 15) is 12.8 Å². The van der Waals surface area contributed by atoms with Crippen LogP contribution in [0.2, 0.25) is 0 Å². The second kappa shape index (κ2) is 5.51. The van der Waals surface area contributed by atoms with Crippen molar-refractivity contribution in [3.8, 4) is 0 Å². The van der Waals surface area contributed by atoms with Gasteiger partial charge in [-0.25, -0.2) is 17.5 Å². The van der Waals surface area contributed by atoms with Gasteiger partial charge < -0.3 is 5.73 Å². The molecule has 90 valence electrons. The van der Waals surface area contributed by atoms with Crippen LogP contribution in [-0.4, -0.2) is 27.0 Å². The molecule has 4 nitrogen and oxygen atoms in total. The van der Waals surface area contributed by atoms with Gasteiger partial charge in [-0.1, -0.05) is 6.07 Å². The first-order valence-corrected chi connectivity index (χ1v) is 7.39. The molecule has 3 N–H and O–H groups in total. The van der Waals surface area contributed by atoms with Crippen LogP contribution in [0.1, 0.15) is 0 Å². The largest absolute Gasteiger partial charge is 0.395 e. The Morgan fingerprint density at radius 2 is 2.19 bits per heavy atom. The number of sulfonamides is 1. The maximum Gasteiger partial charge on any atom is 0.242 e. The fraction of sp³-hybridized carbons (Fsp3) is 0.333. The molecule has 0 amide bonds. The Kier molecular flexibility index (Phi) is 4.57. The van der Waals surface area contributed by atoms with Gasteiger partial charge in [0.25, 0.3) is 0 Å². The van der Waals surface area contributed by atoms with E-state index in [1.165, 1.54) is 23.9 Å². The van der Waals surface area contributed by atoms with Crippen molar-refractivity contribution in [2.45, 2.75) is 4.90 Å². The third-order valence-corrected chi connectivity index (χ3v) is 4.03. The summed E-state index contributed by atoms with van der Waals surface area (Å²) in [7, 11) is -3.71. The van der Waals surface area contributed by atoms with E-state index >= 15 is 0 Å². The van der Waals surface area contributed by atoms with E-state index in [0.717, 1.165) is 6.07 Å². The molecule has 0 aliphatic rings. The average molecular weight is 264 g/mol. The third kappa shape index (κ3) is 3.10. The summed E-state index contributed by atoms with van der Waals surface area (Å²) in [6, 6.07) is 3.71. The maximum atomic E-state index is 13.1. The average Bonchev–Trinajstić information content (AvgIpc) is 2.22. The van der Waals surface area contributed by atoms with Crippen LogP contribution in [-0.2, 0) is 10.0 Å². The lowest BCUT2D eigenvalue weighted by Gasteiger charge is -2.08. The van der Waals surface area contributed by atoms with Crippen molar-refractivity contribution in [2.24, 2.45) is 0 Å². The molecule has 1 aromatic carbocycles. The number of benzene rings is 1. The van der Waals surface area contributed by atoms with Crippen molar-refractivity contribution >= 4 is 27.5 Å². The number of nitrogens with one attached hydrogen (secondary N) is 1. The van der Waals surface area contributed by atoms with E-state index in [1.807, 2.05) is 6.26 Å². The summed E-state index contributed by atoms with van der Waals surface area (Å²) in [4.78, 5) is -0.214. The molecule has 0 aromatic heterocycles. The minimum atomic E-state index is -3.71. The molecule has 0 heterocycles. The van der Waals surface area contributed by atoms with Gasteiger partial charge in [-0.3, -0.25) is 0 Å². The molecule has 0 atom stereocenters. The van der Waals surface area contributed by atoms with Crippen molar-refractivity contribution in [1.29, 1.82) is 0 Å². The van der Waals surface area contributed by atoms with Crippen LogP contribution >= 0.6 is 11.8 Å². The molecule has 0 aliphatic carbocycles. The number of rotatable bonds is 5. The summed E-state index contributed by atoms with van der Waals surface area (Å²) in [5.41, 5.74) is 5.03. The summed E-state index contributed by atoms with van der Waals surface area (Å²) in [6.07, 6.45) is 1.87. The van der Waals surface area contributed by atoms with Gasteiger partial charge in [0.05, 0.1) is 5.69 Å². The molecule has 0 aliphatic heterocycles. The number of para-hydroxylation sites is 1. The lowest BCUT2D eigenvalue weighted by molar-refractivity contribution is 0.581. The molecular weight excluding hydrogens is 251 g/mol. The zero-order valence-electron chi connectivity index (χ0n) is 8.73. The van der Waals surface area contributed by atoms with E-state index in [0.29, 0.717) is 12.3 Å². The second-order valence-electron chi connectivity index (χ2n) is 3.04. The molecule has 0 saturated carbocycles. The molecule has 7 heteroatoms. The smallest absolute Gasteiger partial charge is 0.242 e. The molecule has 0 fully saturated rings. The quantitative estimate of drug-likeness (QED) is 0.616. The zero-order chi connectivity index (χ0) is 12.2. The normalized spacial score (nSPS) is 11.6. The van der Waals surface area contributed by atoms with Gasteiger partial charge in [0, 0.05) is 12.3 Å². The van der Waals surface area contributed by atoms with Crippen LogP contribution in [0.5, 0.6) is 0 Å². The molecule has 0 saturated heterocycles. The highest BCUT2D eigenvalue weighted by atomic mass is 32.2. The fourth-order valence-corrected chi connectivity index (χ4v) is 2.71. The number of nitrogen functional groups attached to an aromatic ring is 1. The predicted molar refractivity (Wildman–Crippen MR) is 64.4 cm³/mol. The van der Waals surface area contributed by atoms with Gasteiger partial charge in [-0.2, -0.15) is 11.8 Å². The number of thioether (sulfide) groups is 1. The number of nitrogens with two attached hydrogens (primary N) is 1. The summed E-state index contributed by atoms with van der Waals surface area (Å²) < 4.78 is 38.9. The van der Waals surface area contributed by atoms with Crippen LogP contribution in [0.3, 0.4) is 0 Å². The Bertz CT molecular complexity index is 463. The van der Waals surface area contributed by atoms with Crippen LogP contribution in [0.15, 0.2) is 23.1 Å². The van der Waals surface area contributed by atoms with Crippen LogP contribution in [0.4, 0.5) is 10.1 Å². The molecule has 0 radical (unpaired) electrons. The van der Waals surface area contributed by atoms with E-state index < -0.39 is 15.8 Å². The number of halogens is 1. The standard InChI is InChI=1S/C9H13FN2O2S2/c1-15-6-5-12-16(13,14)8-4-2-3-7(10)9(8)11/h2-4,12H,5-6,11H2,1H3. The van der Waals surface area contributed by atoms with Gasteiger partial charge in [0.1, 0.15) is 10.7 Å². The van der Waals surface area contributed by atoms with Crippen molar-refractivity contribution in [2.75, 3.05) is 24.3 Å². The van der Waals surface area contributed by atoms with E-state index in [1.54, 1.807) is 0 Å². The van der Waals surface area contributed by atoms with Crippen molar-refractivity contribution in [3.63, 3.8) is 0 Å². The summed E-state index contributed by atoms with van der Waals surface area (Å²) in [5, 5.41) is 0. The number of anilines is 1. The highest BCUT2D eigenvalue weighted by Gasteiger charge is 2.18. The van der Waals surface area contributed by atoms with Gasteiger partial charge in [0.2, 0.25) is 10.0 Å². The molecule has 1 rings (SSSR count). The van der Waals surface area contributed by atoms with Crippen molar-refractivity contribution < 1.29 is 12.8 Å². The lowest BCUT2D eigenvalue weighted by Crippen LogP contribution is -2.27. The molecule has 16 heavy (non-hydrogen) atoms. The Morgan fingerprint density at radius 3 is 2.81 bits per heavy atom. The van der Waals surface area contributed by atoms with Crippen molar-refractivity contribution in [3.05, 3.63) is 24.0 Å². The Balaban J connectivity index is 2.94. The van der Waals surface area contributed by atoms with Gasteiger partial charge in [0.15, 0.2) is 0 Å². The first-order chi connectivity index (χ1) is 7.49. The summed E-state index contributed by atoms with van der Waals surface area (Å²) >= 11 is 1.51. The highest BCUT2D eigenvalue weighted by molar-refractivity contribution is 7.98. The van der Waals surface area contributed by atoms with Gasteiger partial charge >= 0.3 is 0 Å². The maximum absolute atomic E-state index is 13.1. The Morgan fingerprint density at radius 1 is 1.50 bits per heavy atom. The molecule has 1 aromatic rings.